The van der Waals surface area contributed by atoms with Gasteiger partial charge in [-0.15, -0.1) is 5.10 Å². The van der Waals surface area contributed by atoms with E-state index in [1.807, 2.05) is 0 Å². The first-order valence-corrected chi connectivity index (χ1v) is 6.13. The van der Waals surface area contributed by atoms with Gasteiger partial charge in [0.05, 0.1) is 11.4 Å². The van der Waals surface area contributed by atoms with Gasteiger partial charge < -0.3 is 5.11 Å². The highest BCUT2D eigenvalue weighted by molar-refractivity contribution is 5.75. The molecule has 0 amide bonds. The molecule has 5 nitrogen and oxygen atoms in total. The van der Waals surface area contributed by atoms with E-state index in [-0.39, 0.29) is 12.2 Å². The van der Waals surface area contributed by atoms with Crippen molar-refractivity contribution >= 4 is 5.97 Å². The number of aromatic nitrogens is 3. The second-order valence-corrected chi connectivity index (χ2v) is 4.53. The Morgan fingerprint density at radius 2 is 1.95 bits per heavy atom. The van der Waals surface area contributed by atoms with Crippen molar-refractivity contribution in [2.24, 2.45) is 0 Å². The highest BCUT2D eigenvalue weighted by atomic mass is 19.1. The molecule has 1 heterocycles. The number of aliphatic carboxylic acids is 1. The molecular weight excluding hydrogens is 261 g/mol. The van der Waals surface area contributed by atoms with Crippen LogP contribution in [0.3, 0.4) is 0 Å². The third kappa shape index (κ3) is 2.96. The summed E-state index contributed by atoms with van der Waals surface area (Å²) in [7, 11) is 0. The number of nitrogens with zero attached hydrogens (tertiary/aromatic N) is 3. The monoisotopic (exact) mass is 275 g/mol. The van der Waals surface area contributed by atoms with Crippen LogP contribution >= 0.6 is 0 Å². The Kier molecular flexibility index (Phi) is 4.02. The molecule has 6 heteroatoms. The quantitative estimate of drug-likeness (QED) is 0.924. The lowest BCUT2D eigenvalue weighted by molar-refractivity contribution is -0.139. The van der Waals surface area contributed by atoms with Gasteiger partial charge in [-0.3, -0.25) is 4.79 Å². The normalized spacial score (nSPS) is 12.2. The van der Waals surface area contributed by atoms with Crippen LogP contribution in [0.1, 0.15) is 28.7 Å². The maximum absolute atomic E-state index is 13.6. The number of hydrogen-bond acceptors (Lipinski definition) is 4. The summed E-state index contributed by atoms with van der Waals surface area (Å²) in [5.41, 5.74) is 1.58. The summed E-state index contributed by atoms with van der Waals surface area (Å²) in [5, 5.41) is 17.0. The molecule has 2 rings (SSSR count). The number of aryl methyl sites for hydroxylation is 2. The lowest BCUT2D eigenvalue weighted by Gasteiger charge is -2.12. The zero-order valence-corrected chi connectivity index (χ0v) is 11.2. The Morgan fingerprint density at radius 3 is 2.55 bits per heavy atom. The number of halogens is 1. The van der Waals surface area contributed by atoms with E-state index < -0.39 is 17.7 Å². The van der Waals surface area contributed by atoms with Gasteiger partial charge in [-0.1, -0.05) is 18.2 Å². The van der Waals surface area contributed by atoms with Gasteiger partial charge in [0.1, 0.15) is 11.7 Å². The topological polar surface area (TPSA) is 76.0 Å². The average Bonchev–Trinajstić information content (AvgIpc) is 2.41. The van der Waals surface area contributed by atoms with E-state index in [0.717, 1.165) is 0 Å². The first kappa shape index (κ1) is 14.0. The first-order valence-electron chi connectivity index (χ1n) is 6.13. The van der Waals surface area contributed by atoms with E-state index in [9.17, 15) is 14.3 Å². The van der Waals surface area contributed by atoms with Gasteiger partial charge in [0.15, 0.2) is 5.82 Å². The third-order valence-corrected chi connectivity index (χ3v) is 3.10. The second kappa shape index (κ2) is 5.73. The van der Waals surface area contributed by atoms with Crippen molar-refractivity contribution < 1.29 is 14.3 Å². The lowest BCUT2D eigenvalue weighted by atomic mass is 9.98. The highest BCUT2D eigenvalue weighted by Crippen LogP contribution is 2.20. The minimum absolute atomic E-state index is 0.00775. The Hall–Kier alpha value is -2.37. The van der Waals surface area contributed by atoms with Gasteiger partial charge in [-0.25, -0.2) is 9.37 Å². The Balaban J connectivity index is 2.34. The van der Waals surface area contributed by atoms with E-state index in [4.69, 9.17) is 0 Å². The van der Waals surface area contributed by atoms with E-state index in [2.05, 4.69) is 15.2 Å². The number of hydrogen-bond donors (Lipinski definition) is 1. The molecule has 0 saturated heterocycles. The van der Waals surface area contributed by atoms with Crippen LogP contribution in [0.4, 0.5) is 4.39 Å². The number of rotatable bonds is 4. The molecule has 0 aliphatic carbocycles. The van der Waals surface area contributed by atoms with Gasteiger partial charge in [0.2, 0.25) is 0 Å². The van der Waals surface area contributed by atoms with E-state index in [1.165, 1.54) is 6.07 Å². The Bertz CT molecular complexity index is 646. The predicted molar refractivity (Wildman–Crippen MR) is 69.8 cm³/mol. The van der Waals surface area contributed by atoms with Crippen molar-refractivity contribution in [3.8, 4) is 0 Å². The molecule has 1 N–H and O–H groups in total. The van der Waals surface area contributed by atoms with Gasteiger partial charge in [-0.05, 0) is 31.9 Å². The maximum Gasteiger partial charge on any atom is 0.314 e. The van der Waals surface area contributed by atoms with Crippen LogP contribution < -0.4 is 0 Å². The standard InChI is InChI=1S/C14H14FN3O2/c1-8-9(2)17-18-13(16-8)11(14(19)20)7-10-5-3-4-6-12(10)15/h3-6,11H,7H2,1-2H3,(H,19,20). The smallest absolute Gasteiger partial charge is 0.314 e. The zero-order chi connectivity index (χ0) is 14.7. The largest absolute Gasteiger partial charge is 0.481 e. The van der Waals surface area contributed by atoms with Crippen molar-refractivity contribution in [1.29, 1.82) is 0 Å². The van der Waals surface area contributed by atoms with Crippen LogP contribution in [-0.2, 0) is 11.2 Å². The van der Waals surface area contributed by atoms with Crippen molar-refractivity contribution in [1.82, 2.24) is 15.2 Å². The van der Waals surface area contributed by atoms with Crippen LogP contribution in [0.5, 0.6) is 0 Å². The molecule has 0 bridgehead atoms. The third-order valence-electron chi connectivity index (χ3n) is 3.10. The minimum Gasteiger partial charge on any atom is -0.481 e. The molecule has 1 atom stereocenters. The summed E-state index contributed by atoms with van der Waals surface area (Å²) < 4.78 is 13.6. The van der Waals surface area contributed by atoms with Crippen LogP contribution in [0, 0.1) is 19.7 Å². The summed E-state index contributed by atoms with van der Waals surface area (Å²) in [5.74, 6) is -2.45. The van der Waals surface area contributed by atoms with Gasteiger partial charge in [0, 0.05) is 0 Å². The van der Waals surface area contributed by atoms with E-state index >= 15 is 0 Å². The number of carbonyl (C=O) groups is 1. The van der Waals surface area contributed by atoms with Crippen LogP contribution in [0.15, 0.2) is 24.3 Å². The second-order valence-electron chi connectivity index (χ2n) is 4.53. The predicted octanol–water partition coefficient (Wildman–Crippen LogP) is 2.04. The van der Waals surface area contributed by atoms with Crippen LogP contribution in [0.25, 0.3) is 0 Å². The highest BCUT2D eigenvalue weighted by Gasteiger charge is 2.25. The zero-order valence-electron chi connectivity index (χ0n) is 11.2. The Morgan fingerprint density at radius 1 is 1.25 bits per heavy atom. The minimum atomic E-state index is -1.10. The van der Waals surface area contributed by atoms with Gasteiger partial charge >= 0.3 is 5.97 Å². The van der Waals surface area contributed by atoms with Gasteiger partial charge in [-0.2, -0.15) is 5.10 Å². The molecule has 0 aliphatic rings. The summed E-state index contributed by atoms with van der Waals surface area (Å²) in [6.07, 6.45) is -0.00775. The summed E-state index contributed by atoms with van der Waals surface area (Å²) in [6, 6.07) is 6.08. The Labute approximate surface area is 115 Å². The molecule has 1 aromatic carbocycles. The summed E-state index contributed by atoms with van der Waals surface area (Å²) >= 11 is 0. The number of carboxylic acid groups (broad SMARTS) is 1. The molecular formula is C14H14FN3O2. The number of carboxylic acids is 1. The summed E-state index contributed by atoms with van der Waals surface area (Å²) in [6.45, 7) is 3.47. The summed E-state index contributed by atoms with van der Waals surface area (Å²) in [4.78, 5) is 15.5. The van der Waals surface area contributed by atoms with Crippen molar-refractivity contribution in [2.45, 2.75) is 26.2 Å². The number of benzene rings is 1. The maximum atomic E-state index is 13.6. The van der Waals surface area contributed by atoms with Crippen molar-refractivity contribution in [3.05, 3.63) is 52.9 Å². The molecule has 0 fully saturated rings. The van der Waals surface area contributed by atoms with Crippen molar-refractivity contribution in [2.75, 3.05) is 0 Å². The first-order chi connectivity index (χ1) is 9.49. The molecule has 1 aromatic heterocycles. The molecule has 0 saturated carbocycles. The molecule has 0 spiro atoms. The molecule has 104 valence electrons. The van der Waals surface area contributed by atoms with E-state index in [0.29, 0.717) is 17.0 Å². The fourth-order valence-corrected chi connectivity index (χ4v) is 1.79. The molecule has 2 aromatic rings. The van der Waals surface area contributed by atoms with Crippen LogP contribution in [0.2, 0.25) is 0 Å². The molecule has 20 heavy (non-hydrogen) atoms. The SMILES string of the molecule is Cc1nnc(C(Cc2ccccc2F)C(=O)O)nc1C. The molecule has 1 unspecified atom stereocenters. The van der Waals surface area contributed by atoms with Crippen LogP contribution in [-0.4, -0.2) is 26.3 Å². The van der Waals surface area contributed by atoms with Crippen molar-refractivity contribution in [3.63, 3.8) is 0 Å². The van der Waals surface area contributed by atoms with Gasteiger partial charge in [0.25, 0.3) is 0 Å². The molecule has 0 aliphatic heterocycles. The fourth-order valence-electron chi connectivity index (χ4n) is 1.79. The molecule has 0 radical (unpaired) electrons. The fraction of sp³-hybridized carbons (Fsp3) is 0.286. The average molecular weight is 275 g/mol. The lowest BCUT2D eigenvalue weighted by Crippen LogP contribution is -2.19. The van der Waals surface area contributed by atoms with E-state index in [1.54, 1.807) is 32.0 Å².